The minimum absolute atomic E-state index is 0.0972. The largest absolute Gasteiger partial charge is 0.417 e. The molecule has 0 radical (unpaired) electrons. The van der Waals surface area contributed by atoms with E-state index in [-0.39, 0.29) is 3.57 Å². The van der Waals surface area contributed by atoms with Gasteiger partial charge in [-0.1, -0.05) is 0 Å². The highest BCUT2D eigenvalue weighted by molar-refractivity contribution is 14.1. The Morgan fingerprint density at radius 1 is 0.941 bits per heavy atom. The average molecular weight is 386 g/mol. The van der Waals surface area contributed by atoms with Crippen molar-refractivity contribution in [3.63, 3.8) is 0 Å². The first kappa shape index (κ1) is 14.9. The first-order chi connectivity index (χ1) is 7.57. The van der Waals surface area contributed by atoms with Crippen LogP contribution in [-0.4, -0.2) is 6.26 Å². The summed E-state index contributed by atoms with van der Waals surface area (Å²) in [5.74, 6) is 0. The van der Waals surface area contributed by atoms with Gasteiger partial charge in [0.05, 0.1) is 11.1 Å². The third-order valence-corrected chi connectivity index (χ3v) is 3.34. The maximum atomic E-state index is 12.6. The zero-order valence-electron chi connectivity index (χ0n) is 8.21. The molecule has 1 rings (SSSR count). The van der Waals surface area contributed by atoms with Crippen LogP contribution >= 0.6 is 34.4 Å². The first-order valence-electron chi connectivity index (χ1n) is 4.09. The summed E-state index contributed by atoms with van der Waals surface area (Å²) >= 11 is 1.88. The molecule has 0 saturated carbocycles. The fourth-order valence-electron chi connectivity index (χ4n) is 1.23. The van der Waals surface area contributed by atoms with Crippen LogP contribution < -0.4 is 0 Å². The second-order valence-electron chi connectivity index (χ2n) is 3.03. The van der Waals surface area contributed by atoms with Crippen molar-refractivity contribution in [2.45, 2.75) is 17.2 Å². The zero-order valence-corrected chi connectivity index (χ0v) is 11.2. The van der Waals surface area contributed by atoms with Crippen molar-refractivity contribution in [1.29, 1.82) is 0 Å². The third-order valence-electron chi connectivity index (χ3n) is 1.87. The first-order valence-corrected chi connectivity index (χ1v) is 6.39. The van der Waals surface area contributed by atoms with Crippen LogP contribution in [0, 0.1) is 3.57 Å². The van der Waals surface area contributed by atoms with E-state index >= 15 is 0 Å². The minimum Gasteiger partial charge on any atom is -0.166 e. The number of thioether (sulfide) groups is 1. The van der Waals surface area contributed by atoms with Crippen LogP contribution in [0.25, 0.3) is 0 Å². The van der Waals surface area contributed by atoms with Crippen LogP contribution in [0.15, 0.2) is 17.0 Å². The van der Waals surface area contributed by atoms with Gasteiger partial charge in [0.15, 0.2) is 0 Å². The van der Waals surface area contributed by atoms with Crippen LogP contribution in [0.1, 0.15) is 11.1 Å². The predicted octanol–water partition coefficient (Wildman–Crippen LogP) is 5.05. The molecule has 0 spiro atoms. The van der Waals surface area contributed by atoms with Crippen molar-refractivity contribution in [2.24, 2.45) is 0 Å². The van der Waals surface area contributed by atoms with Crippen molar-refractivity contribution >= 4 is 34.4 Å². The summed E-state index contributed by atoms with van der Waals surface area (Å²) in [4.78, 5) is -0.787. The van der Waals surface area contributed by atoms with E-state index in [1.807, 2.05) is 0 Å². The molecule has 96 valence electrons. The molecular weight excluding hydrogens is 381 g/mol. The Bertz CT molecular complexity index is 387. The highest BCUT2D eigenvalue weighted by atomic mass is 127. The van der Waals surface area contributed by atoms with Gasteiger partial charge in [0.1, 0.15) is 0 Å². The molecule has 0 saturated heterocycles. The Hall–Kier alpha value is -0.120. The highest BCUT2D eigenvalue weighted by Crippen LogP contribution is 2.44. The molecule has 0 aliphatic rings. The van der Waals surface area contributed by atoms with Crippen LogP contribution in [-0.2, 0) is 12.4 Å². The van der Waals surface area contributed by atoms with Gasteiger partial charge in [0.2, 0.25) is 0 Å². The summed E-state index contributed by atoms with van der Waals surface area (Å²) in [5.41, 5.74) is -2.49. The van der Waals surface area contributed by atoms with Crippen molar-refractivity contribution < 1.29 is 26.3 Å². The van der Waals surface area contributed by atoms with Gasteiger partial charge in [-0.25, -0.2) is 0 Å². The highest BCUT2D eigenvalue weighted by Gasteiger charge is 2.41. The van der Waals surface area contributed by atoms with Crippen LogP contribution in [0.5, 0.6) is 0 Å². The van der Waals surface area contributed by atoms with Gasteiger partial charge in [-0.05, 0) is 41.0 Å². The molecule has 0 unspecified atom stereocenters. The van der Waals surface area contributed by atoms with Crippen LogP contribution in [0.2, 0.25) is 0 Å². The van der Waals surface area contributed by atoms with Crippen LogP contribution in [0.4, 0.5) is 26.3 Å². The lowest BCUT2D eigenvalue weighted by Gasteiger charge is -2.17. The van der Waals surface area contributed by atoms with Gasteiger partial charge in [-0.15, -0.1) is 11.8 Å². The Morgan fingerprint density at radius 3 is 1.53 bits per heavy atom. The van der Waals surface area contributed by atoms with E-state index in [0.29, 0.717) is 23.9 Å². The number of hydrogen-bond donors (Lipinski definition) is 0. The monoisotopic (exact) mass is 386 g/mol. The van der Waals surface area contributed by atoms with Crippen LogP contribution in [0.3, 0.4) is 0 Å². The molecule has 0 atom stereocenters. The lowest BCUT2D eigenvalue weighted by Crippen LogP contribution is -2.14. The normalized spacial score (nSPS) is 12.9. The average Bonchev–Trinajstić information content (AvgIpc) is 2.13. The predicted molar refractivity (Wildman–Crippen MR) is 60.9 cm³/mol. The molecule has 0 bridgehead atoms. The van der Waals surface area contributed by atoms with Gasteiger partial charge in [-0.3, -0.25) is 0 Å². The summed E-state index contributed by atoms with van der Waals surface area (Å²) in [7, 11) is 0. The number of alkyl halides is 6. The topological polar surface area (TPSA) is 0 Å². The van der Waals surface area contributed by atoms with Gasteiger partial charge in [0.25, 0.3) is 0 Å². The standard InChI is InChI=1S/C9H5F6IS/c1-17-7-5(8(10,11)12)2-4(16)3-6(7)9(13,14)15/h2-3H,1H3. The molecule has 0 fully saturated rings. The summed E-state index contributed by atoms with van der Waals surface area (Å²) in [5, 5.41) is 0. The molecule has 0 aromatic heterocycles. The van der Waals surface area contributed by atoms with E-state index in [1.54, 1.807) is 0 Å². The number of hydrogen-bond acceptors (Lipinski definition) is 1. The van der Waals surface area contributed by atoms with E-state index in [9.17, 15) is 26.3 Å². The SMILES string of the molecule is CSc1c(C(F)(F)F)cc(I)cc1C(F)(F)F. The van der Waals surface area contributed by atoms with E-state index in [1.165, 1.54) is 28.8 Å². The van der Waals surface area contributed by atoms with E-state index in [2.05, 4.69) is 0 Å². The van der Waals surface area contributed by atoms with E-state index in [4.69, 9.17) is 0 Å². The van der Waals surface area contributed by atoms with Crippen molar-refractivity contribution in [3.05, 3.63) is 26.8 Å². The molecule has 8 heteroatoms. The second kappa shape index (κ2) is 4.87. The molecule has 0 aliphatic heterocycles. The molecule has 0 heterocycles. The molecule has 0 aliphatic carbocycles. The van der Waals surface area contributed by atoms with Crippen molar-refractivity contribution in [1.82, 2.24) is 0 Å². The Morgan fingerprint density at radius 2 is 1.29 bits per heavy atom. The molecule has 1 aromatic carbocycles. The van der Waals surface area contributed by atoms with Crippen molar-refractivity contribution in [3.8, 4) is 0 Å². The summed E-state index contributed by atoms with van der Waals surface area (Å²) in [6.07, 6.45) is -8.40. The van der Waals surface area contributed by atoms with Gasteiger partial charge in [-0.2, -0.15) is 26.3 Å². The lowest BCUT2D eigenvalue weighted by molar-refractivity contribution is -0.147. The van der Waals surface area contributed by atoms with Gasteiger partial charge in [0, 0.05) is 8.47 Å². The number of rotatable bonds is 1. The molecular formula is C9H5F6IS. The molecule has 0 N–H and O–H groups in total. The summed E-state index contributed by atoms with van der Waals surface area (Å²) < 4.78 is 75.5. The number of benzene rings is 1. The maximum Gasteiger partial charge on any atom is 0.417 e. The van der Waals surface area contributed by atoms with E-state index in [0.717, 1.165) is 0 Å². The van der Waals surface area contributed by atoms with Gasteiger partial charge < -0.3 is 0 Å². The molecule has 1 aromatic rings. The fourth-order valence-corrected chi connectivity index (χ4v) is 2.65. The summed E-state index contributed by atoms with van der Waals surface area (Å²) in [6.45, 7) is 0. The summed E-state index contributed by atoms with van der Waals surface area (Å²) in [6, 6.07) is 1.42. The van der Waals surface area contributed by atoms with E-state index < -0.39 is 28.4 Å². The zero-order chi connectivity index (χ0) is 13.4. The Labute approximate surface area is 111 Å². The smallest absolute Gasteiger partial charge is 0.166 e. The van der Waals surface area contributed by atoms with Crippen molar-refractivity contribution in [2.75, 3.05) is 6.26 Å². The molecule has 17 heavy (non-hydrogen) atoms. The maximum absolute atomic E-state index is 12.6. The lowest BCUT2D eigenvalue weighted by atomic mass is 10.1. The number of halogens is 7. The minimum atomic E-state index is -4.79. The second-order valence-corrected chi connectivity index (χ2v) is 5.09. The molecule has 0 nitrogen and oxygen atoms in total. The fraction of sp³-hybridized carbons (Fsp3) is 0.333. The van der Waals surface area contributed by atoms with Gasteiger partial charge >= 0.3 is 12.4 Å². The Kier molecular flexibility index (Phi) is 4.28. The third kappa shape index (κ3) is 3.43. The molecule has 0 amide bonds. The Balaban J connectivity index is 3.58. The quantitative estimate of drug-likeness (QED) is 0.370.